The molecule has 0 fully saturated rings. The molecular formula is C6H5NO4. The largest absolute Gasteiger partial charge is 0.451 e. The van der Waals surface area contributed by atoms with Gasteiger partial charge >= 0.3 is 5.69 Å². The summed E-state index contributed by atoms with van der Waals surface area (Å²) >= 11 is 0. The summed E-state index contributed by atoms with van der Waals surface area (Å²) in [6.07, 6.45) is 0.431. The highest BCUT2D eigenvalue weighted by Crippen LogP contribution is 2.20. The number of hydrogen-bond donors (Lipinski definition) is 0. The van der Waals surface area contributed by atoms with Crippen LogP contribution in [0.25, 0.3) is 0 Å². The molecule has 5 heteroatoms. The molecule has 0 radical (unpaired) electrons. The molecule has 0 saturated heterocycles. The van der Waals surface area contributed by atoms with E-state index in [1.165, 1.54) is 6.92 Å². The van der Waals surface area contributed by atoms with Crippen LogP contribution in [0, 0.1) is 17.0 Å². The Morgan fingerprint density at radius 2 is 2.36 bits per heavy atom. The van der Waals surface area contributed by atoms with Gasteiger partial charge in [0.2, 0.25) is 0 Å². The molecule has 11 heavy (non-hydrogen) atoms. The zero-order valence-corrected chi connectivity index (χ0v) is 5.73. The zero-order valence-electron chi connectivity index (χ0n) is 5.73. The second kappa shape index (κ2) is 2.53. The van der Waals surface area contributed by atoms with Crippen molar-refractivity contribution < 1.29 is 14.1 Å². The van der Waals surface area contributed by atoms with Gasteiger partial charge in [-0.2, -0.15) is 0 Å². The highest BCUT2D eigenvalue weighted by Gasteiger charge is 2.16. The van der Waals surface area contributed by atoms with E-state index in [2.05, 4.69) is 0 Å². The Bertz CT molecular complexity index is 302. The Kier molecular flexibility index (Phi) is 1.72. The number of nitro groups is 1. The van der Waals surface area contributed by atoms with Crippen LogP contribution in [0.2, 0.25) is 0 Å². The smallest absolute Gasteiger partial charge is 0.310 e. The summed E-state index contributed by atoms with van der Waals surface area (Å²) in [7, 11) is 0. The highest BCUT2D eigenvalue weighted by atomic mass is 16.6. The van der Waals surface area contributed by atoms with E-state index in [9.17, 15) is 14.9 Å². The van der Waals surface area contributed by atoms with Gasteiger partial charge in [-0.1, -0.05) is 0 Å². The van der Waals surface area contributed by atoms with E-state index in [4.69, 9.17) is 4.42 Å². The normalized spacial score (nSPS) is 9.55. The van der Waals surface area contributed by atoms with Crippen LogP contribution in [0.15, 0.2) is 10.5 Å². The van der Waals surface area contributed by atoms with Gasteiger partial charge in [0.05, 0.1) is 11.0 Å². The summed E-state index contributed by atoms with van der Waals surface area (Å²) in [5, 5.41) is 10.2. The van der Waals surface area contributed by atoms with Gasteiger partial charge in [0, 0.05) is 6.92 Å². The minimum Gasteiger partial charge on any atom is -0.451 e. The maximum atomic E-state index is 10.2. The molecule has 0 saturated carbocycles. The van der Waals surface area contributed by atoms with E-state index >= 15 is 0 Å². The molecule has 0 bridgehead atoms. The fraction of sp³-hybridized carbons (Fsp3) is 0.167. The van der Waals surface area contributed by atoms with E-state index in [0.717, 1.165) is 6.07 Å². The summed E-state index contributed by atoms with van der Waals surface area (Å²) in [6.45, 7) is 1.44. The minimum absolute atomic E-state index is 0.0193. The molecule has 1 aromatic heterocycles. The summed E-state index contributed by atoms with van der Waals surface area (Å²) in [5.74, 6) is 0.131. The highest BCUT2D eigenvalue weighted by molar-refractivity contribution is 5.72. The molecule has 1 rings (SSSR count). The van der Waals surface area contributed by atoms with Crippen molar-refractivity contribution in [1.82, 2.24) is 0 Å². The summed E-state index contributed by atoms with van der Waals surface area (Å²) < 4.78 is 4.72. The van der Waals surface area contributed by atoms with Crippen LogP contribution in [0.3, 0.4) is 0 Å². The average molecular weight is 155 g/mol. The van der Waals surface area contributed by atoms with Crippen molar-refractivity contribution >= 4 is 12.0 Å². The third-order valence-corrected chi connectivity index (χ3v) is 1.22. The second-order valence-electron chi connectivity index (χ2n) is 1.97. The predicted molar refractivity (Wildman–Crippen MR) is 35.5 cm³/mol. The summed E-state index contributed by atoms with van der Waals surface area (Å²) in [4.78, 5) is 19.7. The van der Waals surface area contributed by atoms with Gasteiger partial charge in [0.25, 0.3) is 0 Å². The molecule has 0 spiro atoms. The lowest BCUT2D eigenvalue weighted by molar-refractivity contribution is -0.385. The molecule has 0 aromatic carbocycles. The SMILES string of the molecule is Cc1oc(C=O)cc1[N+](=O)[O-]. The first-order valence-corrected chi connectivity index (χ1v) is 2.85. The van der Waals surface area contributed by atoms with Gasteiger partial charge < -0.3 is 4.42 Å². The summed E-state index contributed by atoms with van der Waals surface area (Å²) in [5.41, 5.74) is -0.160. The van der Waals surface area contributed by atoms with Gasteiger partial charge in [0.1, 0.15) is 0 Å². The number of furan rings is 1. The number of aryl methyl sites for hydroxylation is 1. The number of hydrogen-bond acceptors (Lipinski definition) is 4. The van der Waals surface area contributed by atoms with Gasteiger partial charge in [-0.3, -0.25) is 14.9 Å². The van der Waals surface area contributed by atoms with Gasteiger partial charge in [-0.05, 0) is 0 Å². The standard InChI is InChI=1S/C6H5NO4/c1-4-6(7(9)10)2-5(3-8)11-4/h2-3H,1H3. The number of rotatable bonds is 2. The second-order valence-corrected chi connectivity index (χ2v) is 1.97. The predicted octanol–water partition coefficient (Wildman–Crippen LogP) is 1.31. The van der Waals surface area contributed by atoms with Crippen LogP contribution in [-0.2, 0) is 0 Å². The maximum absolute atomic E-state index is 10.2. The number of nitrogens with zero attached hydrogens (tertiary/aromatic N) is 1. The fourth-order valence-electron chi connectivity index (χ4n) is 0.734. The molecule has 0 atom stereocenters. The average Bonchev–Trinajstić information content (AvgIpc) is 2.30. The molecule has 1 aromatic rings. The molecule has 0 aliphatic rings. The van der Waals surface area contributed by atoms with Crippen LogP contribution in [0.1, 0.15) is 16.3 Å². The first kappa shape index (κ1) is 7.46. The monoisotopic (exact) mass is 155 g/mol. The number of aldehydes is 1. The van der Waals surface area contributed by atoms with Crippen molar-refractivity contribution in [3.8, 4) is 0 Å². The molecule has 0 unspecified atom stereocenters. The van der Waals surface area contributed by atoms with Gasteiger partial charge in [-0.25, -0.2) is 0 Å². The van der Waals surface area contributed by atoms with Crippen LogP contribution in [-0.4, -0.2) is 11.2 Å². The molecular weight excluding hydrogens is 150 g/mol. The van der Waals surface area contributed by atoms with Gasteiger partial charge in [-0.15, -0.1) is 0 Å². The third kappa shape index (κ3) is 1.26. The Morgan fingerprint density at radius 3 is 2.64 bits per heavy atom. The lowest BCUT2D eigenvalue weighted by atomic mass is 10.4. The minimum atomic E-state index is -0.591. The maximum Gasteiger partial charge on any atom is 0.310 e. The number of carbonyl (C=O) groups excluding carboxylic acids is 1. The van der Waals surface area contributed by atoms with Gasteiger partial charge in [0.15, 0.2) is 17.8 Å². The molecule has 0 aliphatic heterocycles. The topological polar surface area (TPSA) is 73.3 Å². The van der Waals surface area contributed by atoms with Crippen LogP contribution in [0.5, 0.6) is 0 Å². The Balaban J connectivity index is 3.16. The van der Waals surface area contributed by atoms with E-state index in [1.807, 2.05) is 0 Å². The van der Waals surface area contributed by atoms with Crippen molar-refractivity contribution in [1.29, 1.82) is 0 Å². The Morgan fingerprint density at radius 1 is 1.73 bits per heavy atom. The van der Waals surface area contributed by atoms with Crippen molar-refractivity contribution in [2.75, 3.05) is 0 Å². The molecule has 0 N–H and O–H groups in total. The fourth-order valence-corrected chi connectivity index (χ4v) is 0.734. The van der Waals surface area contributed by atoms with E-state index < -0.39 is 4.92 Å². The van der Waals surface area contributed by atoms with Crippen LogP contribution >= 0.6 is 0 Å². The molecule has 1 heterocycles. The Labute approximate surface area is 61.8 Å². The molecule has 0 aliphatic carbocycles. The van der Waals surface area contributed by atoms with E-state index in [0.29, 0.717) is 6.29 Å². The van der Waals surface area contributed by atoms with E-state index in [-0.39, 0.29) is 17.2 Å². The first-order chi connectivity index (χ1) is 5.15. The lowest BCUT2D eigenvalue weighted by Gasteiger charge is -1.82. The quantitative estimate of drug-likeness (QED) is 0.366. The molecule has 58 valence electrons. The van der Waals surface area contributed by atoms with Crippen LogP contribution < -0.4 is 0 Å². The zero-order chi connectivity index (χ0) is 8.43. The molecule has 0 amide bonds. The van der Waals surface area contributed by atoms with Crippen molar-refractivity contribution in [2.45, 2.75) is 6.92 Å². The van der Waals surface area contributed by atoms with E-state index in [1.54, 1.807) is 0 Å². The van der Waals surface area contributed by atoms with Crippen molar-refractivity contribution in [2.24, 2.45) is 0 Å². The lowest BCUT2D eigenvalue weighted by Crippen LogP contribution is -1.85. The molecule has 5 nitrogen and oxygen atoms in total. The third-order valence-electron chi connectivity index (χ3n) is 1.22. The van der Waals surface area contributed by atoms with Crippen LogP contribution in [0.4, 0.5) is 5.69 Å². The Hall–Kier alpha value is -1.65. The number of carbonyl (C=O) groups is 1. The van der Waals surface area contributed by atoms with Crippen molar-refractivity contribution in [3.63, 3.8) is 0 Å². The van der Waals surface area contributed by atoms with Crippen molar-refractivity contribution in [3.05, 3.63) is 27.7 Å². The summed E-state index contributed by atoms with van der Waals surface area (Å²) in [6, 6.07) is 1.10. The first-order valence-electron chi connectivity index (χ1n) is 2.85.